The molecular formula is C89H67Cl3F3N5O16S10. The number of alkyl halides is 3. The van der Waals surface area contributed by atoms with Gasteiger partial charge in [0.1, 0.15) is 62.9 Å². The molecule has 0 atom stereocenters. The smallest absolute Gasteiger partial charge is 0.416 e. The van der Waals surface area contributed by atoms with Gasteiger partial charge in [0.05, 0.1) is 38.4 Å². The molecule has 5 amide bonds. The third-order valence-corrected chi connectivity index (χ3v) is 28.5. The van der Waals surface area contributed by atoms with Crippen LogP contribution in [0.3, 0.4) is 0 Å². The van der Waals surface area contributed by atoms with Crippen molar-refractivity contribution in [3.63, 3.8) is 0 Å². The second kappa shape index (κ2) is 42.0. The number of benzene rings is 5. The van der Waals surface area contributed by atoms with Gasteiger partial charge in [0, 0.05) is 79.9 Å². The molecule has 15 aromatic rings. The van der Waals surface area contributed by atoms with Crippen molar-refractivity contribution in [3.05, 3.63) is 305 Å². The maximum atomic E-state index is 12.7. The fourth-order valence-corrected chi connectivity index (χ4v) is 21.4. The van der Waals surface area contributed by atoms with Crippen LogP contribution < -0.4 is 31.3 Å². The summed E-state index contributed by atoms with van der Waals surface area (Å²) in [4.78, 5) is 124. The number of carboxylic acid groups (broad SMARTS) is 5. The molecule has 10 heterocycles. The average molecular weight is 1950 g/mol. The third-order valence-electron chi connectivity index (χ3n) is 18.5. The SMILES string of the molecule is COc1c(C(=O)Nc2scc(-c3ccc(Cl)cc3)c2C(=O)O)csc1C.Cc1cc(C(=O)Nc2scc(-c3ccc(Cl)cc3)c2C(=O)O)c(Cl)s1.Cc1ccc(-c2csc(NC(=O)c3sccc3C)c2C(=O)O)cc1.Cc1ccc(-c2csc(NC(=O)c3sccc3C)c2C(=O)O)cc1C.O=C(Nc1scc(-c2ccc(C(F)(F)F)cc2)c1C(=O)O)c1cccs1. The van der Waals surface area contributed by atoms with Gasteiger partial charge in [-0.3, -0.25) is 24.0 Å². The largest absolute Gasteiger partial charge is 0.495 e. The number of ether oxygens (including phenoxy) is 1. The summed E-state index contributed by atoms with van der Waals surface area (Å²) >= 11 is 30.2. The zero-order valence-electron chi connectivity index (χ0n) is 66.6. The zero-order valence-corrected chi connectivity index (χ0v) is 77.1. The van der Waals surface area contributed by atoms with E-state index in [1.165, 1.54) is 104 Å². The van der Waals surface area contributed by atoms with Crippen LogP contribution in [0.1, 0.15) is 145 Å². The van der Waals surface area contributed by atoms with Gasteiger partial charge in [-0.1, -0.05) is 125 Å². The highest BCUT2D eigenvalue weighted by Crippen LogP contribution is 2.44. The highest BCUT2D eigenvalue weighted by molar-refractivity contribution is 7.18. The van der Waals surface area contributed by atoms with Crippen molar-refractivity contribution in [3.8, 4) is 61.4 Å². The van der Waals surface area contributed by atoms with Gasteiger partial charge in [-0.15, -0.1) is 113 Å². The molecule has 0 spiro atoms. The number of nitrogens with one attached hydrogen (secondary N) is 5. The second-order valence-corrected chi connectivity index (χ2v) is 37.9. The molecule has 10 aromatic heterocycles. The number of halogens is 6. The number of hydrogen-bond acceptors (Lipinski definition) is 21. The lowest BCUT2D eigenvalue weighted by atomic mass is 9.99. The Morgan fingerprint density at radius 1 is 0.357 bits per heavy atom. The zero-order chi connectivity index (χ0) is 91.3. The van der Waals surface area contributed by atoms with E-state index in [1.807, 2.05) is 114 Å². The molecule has 5 aromatic carbocycles. The predicted molar refractivity (Wildman–Crippen MR) is 505 cm³/mol. The van der Waals surface area contributed by atoms with Crippen LogP contribution in [0.25, 0.3) is 55.6 Å². The number of aryl methyl sites for hydroxylation is 7. The van der Waals surface area contributed by atoms with Crippen LogP contribution in [0.15, 0.2) is 194 Å². The van der Waals surface area contributed by atoms with E-state index in [0.717, 1.165) is 94.8 Å². The van der Waals surface area contributed by atoms with E-state index in [1.54, 1.807) is 99.0 Å². The highest BCUT2D eigenvalue weighted by Gasteiger charge is 2.32. The molecule has 0 saturated heterocycles. The molecule has 0 bridgehead atoms. The first kappa shape index (κ1) is 94.9. The number of hydrogen-bond donors (Lipinski definition) is 10. The van der Waals surface area contributed by atoms with Crippen LogP contribution in [-0.2, 0) is 6.18 Å². The minimum absolute atomic E-state index is 0.0451. The van der Waals surface area contributed by atoms with Crippen molar-refractivity contribution in [1.29, 1.82) is 0 Å². The van der Waals surface area contributed by atoms with Gasteiger partial charge >= 0.3 is 36.0 Å². The Balaban J connectivity index is 0.000000153. The molecule has 646 valence electrons. The molecule has 0 aliphatic heterocycles. The Morgan fingerprint density at radius 3 is 1.05 bits per heavy atom. The predicted octanol–water partition coefficient (Wildman–Crippen LogP) is 27.3. The minimum Gasteiger partial charge on any atom is -0.495 e. The Labute approximate surface area is 771 Å². The summed E-state index contributed by atoms with van der Waals surface area (Å²) < 4.78 is 43.7. The molecule has 37 heteroatoms. The number of anilines is 5. The summed E-state index contributed by atoms with van der Waals surface area (Å²) in [6.07, 6.45) is -4.47. The molecule has 0 aliphatic rings. The average Bonchev–Trinajstić information content (AvgIpc) is 1.67. The van der Waals surface area contributed by atoms with E-state index < -0.39 is 59.3 Å². The number of methoxy groups -OCH3 is 1. The van der Waals surface area contributed by atoms with Gasteiger partial charge in [-0.2, -0.15) is 13.2 Å². The summed E-state index contributed by atoms with van der Waals surface area (Å²) in [5.41, 5.74) is 11.2. The number of rotatable bonds is 21. The maximum absolute atomic E-state index is 12.7. The molecule has 21 nitrogen and oxygen atoms in total. The van der Waals surface area contributed by atoms with Crippen LogP contribution in [-0.4, -0.2) is 92.0 Å². The number of carbonyl (C=O) groups is 10. The quantitative estimate of drug-likeness (QED) is 0.0319. The van der Waals surface area contributed by atoms with E-state index >= 15 is 0 Å². The molecule has 0 radical (unpaired) electrons. The summed E-state index contributed by atoms with van der Waals surface area (Å²) in [5, 5.41) is 79.5. The Hall–Kier alpha value is -11.7. The topological polar surface area (TPSA) is 341 Å². The lowest BCUT2D eigenvalue weighted by Gasteiger charge is -2.08. The van der Waals surface area contributed by atoms with Crippen molar-refractivity contribution in [2.24, 2.45) is 0 Å². The molecule has 10 N–H and O–H groups in total. The number of aromatic carboxylic acids is 5. The maximum Gasteiger partial charge on any atom is 0.416 e. The molecule has 0 fully saturated rings. The lowest BCUT2D eigenvalue weighted by molar-refractivity contribution is -0.137. The number of carboxylic acids is 5. The molecule has 0 aliphatic carbocycles. The van der Waals surface area contributed by atoms with Crippen LogP contribution in [0.4, 0.5) is 38.2 Å². The van der Waals surface area contributed by atoms with Gasteiger partial charge in [0.25, 0.3) is 29.5 Å². The van der Waals surface area contributed by atoms with Gasteiger partial charge in [-0.05, 0) is 175 Å². The van der Waals surface area contributed by atoms with E-state index in [2.05, 4.69) is 26.6 Å². The van der Waals surface area contributed by atoms with Crippen molar-refractivity contribution < 1.29 is 91.4 Å². The second-order valence-electron chi connectivity index (χ2n) is 26.9. The first-order chi connectivity index (χ1) is 59.9. The third kappa shape index (κ3) is 22.9. The van der Waals surface area contributed by atoms with Crippen LogP contribution in [0.2, 0.25) is 14.4 Å². The van der Waals surface area contributed by atoms with Gasteiger partial charge in [-0.25, -0.2) is 24.0 Å². The van der Waals surface area contributed by atoms with Crippen LogP contribution >= 0.6 is 148 Å². The lowest BCUT2D eigenvalue weighted by Crippen LogP contribution is -2.13. The van der Waals surface area contributed by atoms with Gasteiger partial charge in [0.15, 0.2) is 0 Å². The highest BCUT2D eigenvalue weighted by atomic mass is 35.5. The summed E-state index contributed by atoms with van der Waals surface area (Å²) in [6, 6.07) is 40.1. The van der Waals surface area contributed by atoms with Crippen molar-refractivity contribution in [2.75, 3.05) is 33.7 Å². The Kier molecular flexibility index (Phi) is 31.7. The standard InChI is InChI=1S/C19H17NO3S2.C18H14ClNO4S2.C18H15NO3S2.C17H11Cl2NO3S2.C17H10F3NO3S2/c1-10-4-5-13(8-12(10)3)14-9-25-18(15(14)19(22)23)20-17(21)16-11(2)6-7-24-16;1-9-15(24-2)13(8-25-9)16(21)20-17-14(18(22)23)12(7-26-17)10-3-5-11(19)6-4-10;1-10-3-5-12(6-4-10)13-9-24-17(14(13)18(21)22)19-16(20)15-11(2)7-8-23-15;1-8-6-11(14(19)25-8)15(21)20-16-13(17(22)23)12(7-24-16)9-2-4-10(18)5-3-9;18-17(19,20)10-5-3-9(4-6-10)11-8-26-15(13(11)16(23)24)21-14(22)12-2-1-7-25-12/h4-9H,1-3H3,(H,20,21)(H,22,23);3-8H,1-2H3,(H,20,21)(H,22,23);3-9H,1-2H3,(H,19,20)(H,21,22);2-7H,1H3,(H,20,21)(H,22,23);1-8H,(H,21,22)(H,23,24). The van der Waals surface area contributed by atoms with Crippen LogP contribution in [0.5, 0.6) is 5.75 Å². The number of carbonyl (C=O) groups excluding carboxylic acids is 5. The van der Waals surface area contributed by atoms with E-state index in [-0.39, 0.29) is 60.2 Å². The normalized spacial score (nSPS) is 10.8. The number of amides is 5. The molecule has 0 saturated carbocycles. The summed E-state index contributed by atoms with van der Waals surface area (Å²) in [5.74, 6) is -6.93. The summed E-state index contributed by atoms with van der Waals surface area (Å²) in [7, 11) is 1.50. The van der Waals surface area contributed by atoms with Crippen molar-refractivity contribution >= 4 is 233 Å². The molecule has 0 unspecified atom stereocenters. The van der Waals surface area contributed by atoms with E-state index in [9.17, 15) is 86.6 Å². The van der Waals surface area contributed by atoms with E-state index in [0.29, 0.717) is 94.8 Å². The number of thiophene rings is 10. The fourth-order valence-electron chi connectivity index (χ4n) is 12.1. The first-order valence-electron chi connectivity index (χ1n) is 36.6. The van der Waals surface area contributed by atoms with Crippen LogP contribution in [0, 0.1) is 48.5 Å². The van der Waals surface area contributed by atoms with E-state index in [4.69, 9.17) is 39.5 Å². The first-order valence-corrected chi connectivity index (χ1v) is 46.4. The Bertz CT molecular complexity index is 6590. The molecule has 126 heavy (non-hydrogen) atoms. The fraction of sp³-hybridized carbons (Fsp3) is 0.101. The van der Waals surface area contributed by atoms with Crippen molar-refractivity contribution in [1.82, 2.24) is 0 Å². The summed E-state index contributed by atoms with van der Waals surface area (Å²) in [6.45, 7) is 13.4. The monoisotopic (exact) mass is 1940 g/mol. The minimum atomic E-state index is -4.47. The molecule has 15 rings (SSSR count). The van der Waals surface area contributed by atoms with Gasteiger partial charge < -0.3 is 56.9 Å². The molecular weight excluding hydrogens is 1880 g/mol. The van der Waals surface area contributed by atoms with Crippen molar-refractivity contribution in [2.45, 2.75) is 54.6 Å². The van der Waals surface area contributed by atoms with Gasteiger partial charge in [0.2, 0.25) is 0 Å². The Morgan fingerprint density at radius 2 is 0.714 bits per heavy atom.